The number of nitrogens with two attached hydrogens (primary N) is 1. The molecule has 1 aromatic heterocycles. The normalized spacial score (nSPS) is 18.4. The predicted octanol–water partition coefficient (Wildman–Crippen LogP) is 3.30. The van der Waals surface area contributed by atoms with Gasteiger partial charge < -0.3 is 10.6 Å². The molecule has 4 heteroatoms. The highest BCUT2D eigenvalue weighted by molar-refractivity contribution is 5.67. The van der Waals surface area contributed by atoms with Crippen LogP contribution in [0.1, 0.15) is 43.5 Å². The van der Waals surface area contributed by atoms with E-state index in [1.807, 2.05) is 11.7 Å². The molecule has 1 fully saturated rings. The van der Waals surface area contributed by atoms with E-state index in [2.05, 4.69) is 47.3 Å². The van der Waals surface area contributed by atoms with E-state index in [1.165, 1.54) is 18.4 Å². The first kappa shape index (κ1) is 14.0. The van der Waals surface area contributed by atoms with Gasteiger partial charge in [0.2, 0.25) is 0 Å². The van der Waals surface area contributed by atoms with Gasteiger partial charge in [-0.2, -0.15) is 5.10 Å². The van der Waals surface area contributed by atoms with Gasteiger partial charge in [0.15, 0.2) is 5.82 Å². The molecular formula is C17H24N4. The fraction of sp³-hybridized carbons (Fsp3) is 0.471. The molecule has 4 nitrogen and oxygen atoms in total. The third-order valence-electron chi connectivity index (χ3n) is 4.33. The fourth-order valence-corrected chi connectivity index (χ4v) is 3.39. The van der Waals surface area contributed by atoms with Crippen molar-refractivity contribution >= 4 is 11.5 Å². The number of aromatic nitrogens is 2. The van der Waals surface area contributed by atoms with E-state index >= 15 is 0 Å². The van der Waals surface area contributed by atoms with Crippen molar-refractivity contribution in [1.82, 2.24) is 9.78 Å². The Hall–Kier alpha value is -1.97. The zero-order valence-corrected chi connectivity index (χ0v) is 12.9. The molecule has 21 heavy (non-hydrogen) atoms. The van der Waals surface area contributed by atoms with Gasteiger partial charge in [-0.1, -0.05) is 43.7 Å². The summed E-state index contributed by atoms with van der Waals surface area (Å²) in [7, 11) is 2.01. The molecule has 2 aromatic rings. The standard InChI is InChI=1S/C17H24N4/c1-3-8-14-16(18)17(20(2)19-14)21-12-7-11-15(21)13-9-5-4-6-10-13/h4-6,9-10,15H,3,7-8,11-12,18H2,1-2H3. The molecule has 112 valence electrons. The summed E-state index contributed by atoms with van der Waals surface area (Å²) >= 11 is 0. The van der Waals surface area contributed by atoms with Crippen molar-refractivity contribution in [2.45, 2.75) is 38.6 Å². The van der Waals surface area contributed by atoms with Crippen molar-refractivity contribution in [2.75, 3.05) is 17.2 Å². The molecule has 1 aliphatic heterocycles. The van der Waals surface area contributed by atoms with Crippen LogP contribution in [-0.4, -0.2) is 16.3 Å². The van der Waals surface area contributed by atoms with Crippen LogP contribution >= 0.6 is 0 Å². The van der Waals surface area contributed by atoms with Crippen LogP contribution in [0.3, 0.4) is 0 Å². The van der Waals surface area contributed by atoms with Crippen LogP contribution in [0.4, 0.5) is 11.5 Å². The van der Waals surface area contributed by atoms with Gasteiger partial charge in [0.05, 0.1) is 17.4 Å². The lowest BCUT2D eigenvalue weighted by Crippen LogP contribution is -2.25. The summed E-state index contributed by atoms with van der Waals surface area (Å²) in [5.74, 6) is 1.09. The van der Waals surface area contributed by atoms with Gasteiger partial charge in [0.1, 0.15) is 0 Å². The van der Waals surface area contributed by atoms with Crippen LogP contribution < -0.4 is 10.6 Å². The van der Waals surface area contributed by atoms with Gasteiger partial charge in [-0.15, -0.1) is 0 Å². The van der Waals surface area contributed by atoms with E-state index in [0.717, 1.165) is 36.6 Å². The van der Waals surface area contributed by atoms with Crippen LogP contribution in [0, 0.1) is 0 Å². The second kappa shape index (κ2) is 5.80. The van der Waals surface area contributed by atoms with E-state index in [-0.39, 0.29) is 0 Å². The molecule has 0 aliphatic carbocycles. The number of nitrogen functional groups attached to an aromatic ring is 1. The number of hydrogen-bond acceptors (Lipinski definition) is 3. The third kappa shape index (κ3) is 2.50. The molecule has 1 aromatic carbocycles. The van der Waals surface area contributed by atoms with E-state index in [9.17, 15) is 0 Å². The largest absolute Gasteiger partial charge is 0.394 e. The molecule has 0 radical (unpaired) electrons. The van der Waals surface area contributed by atoms with Crippen molar-refractivity contribution in [1.29, 1.82) is 0 Å². The second-order valence-electron chi connectivity index (χ2n) is 5.82. The average Bonchev–Trinajstić information content (AvgIpc) is 3.06. The maximum atomic E-state index is 6.39. The Bertz CT molecular complexity index is 603. The highest BCUT2D eigenvalue weighted by Crippen LogP contribution is 2.39. The Morgan fingerprint density at radius 1 is 1.29 bits per heavy atom. The molecule has 3 rings (SSSR count). The topological polar surface area (TPSA) is 47.1 Å². The smallest absolute Gasteiger partial charge is 0.150 e. The maximum absolute atomic E-state index is 6.39. The predicted molar refractivity (Wildman–Crippen MR) is 87.4 cm³/mol. The Labute approximate surface area is 126 Å². The lowest BCUT2D eigenvalue weighted by molar-refractivity contribution is 0.665. The molecule has 0 saturated carbocycles. The summed E-state index contributed by atoms with van der Waals surface area (Å²) in [4.78, 5) is 2.43. The van der Waals surface area contributed by atoms with E-state index in [4.69, 9.17) is 5.73 Å². The monoisotopic (exact) mass is 284 g/mol. The fourth-order valence-electron chi connectivity index (χ4n) is 3.39. The van der Waals surface area contributed by atoms with E-state index < -0.39 is 0 Å². The number of rotatable bonds is 4. The van der Waals surface area contributed by atoms with Crippen LogP contribution in [0.25, 0.3) is 0 Å². The molecule has 1 saturated heterocycles. The van der Waals surface area contributed by atoms with Crippen LogP contribution in [0.5, 0.6) is 0 Å². The van der Waals surface area contributed by atoms with Crippen LogP contribution in [0.15, 0.2) is 30.3 Å². The number of aryl methyl sites for hydroxylation is 2. The summed E-state index contributed by atoms with van der Waals surface area (Å²) in [6, 6.07) is 11.1. The Morgan fingerprint density at radius 3 is 2.76 bits per heavy atom. The van der Waals surface area contributed by atoms with Gasteiger partial charge in [0.25, 0.3) is 0 Å². The first-order chi connectivity index (χ1) is 10.2. The molecule has 2 heterocycles. The van der Waals surface area contributed by atoms with Crippen LogP contribution in [0.2, 0.25) is 0 Å². The summed E-state index contributed by atoms with van der Waals surface area (Å²) in [5.41, 5.74) is 9.65. The summed E-state index contributed by atoms with van der Waals surface area (Å²) in [5, 5.41) is 4.62. The SMILES string of the molecule is CCCc1nn(C)c(N2CCCC2c2ccccc2)c1N. The lowest BCUT2D eigenvalue weighted by atomic mass is 10.0. The first-order valence-corrected chi connectivity index (χ1v) is 7.85. The van der Waals surface area contributed by atoms with Crippen molar-refractivity contribution in [2.24, 2.45) is 7.05 Å². The quantitative estimate of drug-likeness (QED) is 0.937. The molecule has 0 bridgehead atoms. The van der Waals surface area contributed by atoms with E-state index in [1.54, 1.807) is 0 Å². The molecule has 0 amide bonds. The molecule has 0 spiro atoms. The van der Waals surface area contributed by atoms with Gasteiger partial charge in [-0.3, -0.25) is 4.68 Å². The molecule has 1 aliphatic rings. The molecule has 1 unspecified atom stereocenters. The van der Waals surface area contributed by atoms with Crippen molar-refractivity contribution < 1.29 is 0 Å². The first-order valence-electron chi connectivity index (χ1n) is 7.85. The van der Waals surface area contributed by atoms with Crippen molar-refractivity contribution in [3.8, 4) is 0 Å². The van der Waals surface area contributed by atoms with Crippen LogP contribution in [-0.2, 0) is 13.5 Å². The van der Waals surface area contributed by atoms with Crippen molar-refractivity contribution in [3.05, 3.63) is 41.6 Å². The summed E-state index contributed by atoms with van der Waals surface area (Å²) < 4.78 is 1.96. The summed E-state index contributed by atoms with van der Waals surface area (Å²) in [6.45, 7) is 3.21. The highest BCUT2D eigenvalue weighted by Gasteiger charge is 2.30. The third-order valence-corrected chi connectivity index (χ3v) is 4.33. The minimum absolute atomic E-state index is 0.415. The Morgan fingerprint density at radius 2 is 2.05 bits per heavy atom. The van der Waals surface area contributed by atoms with Crippen molar-refractivity contribution in [3.63, 3.8) is 0 Å². The van der Waals surface area contributed by atoms with Gasteiger partial charge in [-0.25, -0.2) is 0 Å². The zero-order valence-electron chi connectivity index (χ0n) is 12.9. The minimum Gasteiger partial charge on any atom is -0.394 e. The minimum atomic E-state index is 0.415. The van der Waals surface area contributed by atoms with Gasteiger partial charge in [-0.05, 0) is 24.8 Å². The maximum Gasteiger partial charge on any atom is 0.150 e. The molecule has 1 atom stereocenters. The summed E-state index contributed by atoms with van der Waals surface area (Å²) in [6.07, 6.45) is 4.40. The number of hydrogen-bond donors (Lipinski definition) is 1. The van der Waals surface area contributed by atoms with Gasteiger partial charge >= 0.3 is 0 Å². The number of benzene rings is 1. The Balaban J connectivity index is 1.96. The average molecular weight is 284 g/mol. The lowest BCUT2D eigenvalue weighted by Gasteiger charge is -2.27. The highest BCUT2D eigenvalue weighted by atomic mass is 15.4. The Kier molecular flexibility index (Phi) is 3.86. The second-order valence-corrected chi connectivity index (χ2v) is 5.82. The van der Waals surface area contributed by atoms with E-state index in [0.29, 0.717) is 6.04 Å². The molecular weight excluding hydrogens is 260 g/mol. The van der Waals surface area contributed by atoms with Gasteiger partial charge in [0, 0.05) is 13.6 Å². The number of nitrogens with zero attached hydrogens (tertiary/aromatic N) is 3. The molecule has 2 N–H and O–H groups in total. The number of anilines is 2. The zero-order chi connectivity index (χ0) is 14.8.